The zero-order valence-electron chi connectivity index (χ0n) is 6.94. The van der Waals surface area contributed by atoms with Crippen LogP contribution >= 0.6 is 0 Å². The van der Waals surface area contributed by atoms with Crippen LogP contribution in [0.1, 0.15) is 25.2 Å². The Kier molecular flexibility index (Phi) is 1.94. The molecule has 1 heterocycles. The molecule has 1 N–H and O–H groups in total. The fraction of sp³-hybridized carbons (Fsp3) is 0.222. The summed E-state index contributed by atoms with van der Waals surface area (Å²) in [6.07, 6.45) is 0. The van der Waals surface area contributed by atoms with E-state index in [-0.39, 0.29) is 0 Å². The fourth-order valence-corrected chi connectivity index (χ4v) is 0.759. The average molecular weight is 148 g/mol. The van der Waals surface area contributed by atoms with Gasteiger partial charge in [-0.3, -0.25) is 5.10 Å². The van der Waals surface area contributed by atoms with Gasteiger partial charge in [0.1, 0.15) is 0 Å². The van der Waals surface area contributed by atoms with Gasteiger partial charge in [-0.1, -0.05) is 13.2 Å². The van der Waals surface area contributed by atoms with Crippen molar-refractivity contribution in [3.63, 3.8) is 0 Å². The smallest absolute Gasteiger partial charge is 0.0878 e. The van der Waals surface area contributed by atoms with Crippen molar-refractivity contribution in [2.24, 2.45) is 0 Å². The molecule has 0 atom stereocenters. The molecule has 1 rings (SSSR count). The van der Waals surface area contributed by atoms with Crippen LogP contribution in [0.4, 0.5) is 0 Å². The topological polar surface area (TPSA) is 28.7 Å². The number of nitrogens with one attached hydrogen (secondary N) is 1. The summed E-state index contributed by atoms with van der Waals surface area (Å²) in [5.41, 5.74) is 3.84. The third-order valence-electron chi connectivity index (χ3n) is 1.47. The second kappa shape index (κ2) is 2.74. The summed E-state index contributed by atoms with van der Waals surface area (Å²) in [4.78, 5) is 0. The van der Waals surface area contributed by atoms with E-state index in [0.717, 1.165) is 22.5 Å². The zero-order chi connectivity index (χ0) is 8.43. The van der Waals surface area contributed by atoms with Gasteiger partial charge in [0.15, 0.2) is 0 Å². The van der Waals surface area contributed by atoms with Crippen molar-refractivity contribution >= 4 is 11.1 Å². The van der Waals surface area contributed by atoms with E-state index in [1.807, 2.05) is 19.9 Å². The highest BCUT2D eigenvalue weighted by Gasteiger charge is 2.00. The number of aromatic nitrogens is 2. The normalized spacial score (nSPS) is 9.64. The molecule has 0 amide bonds. The SMILES string of the molecule is C=C(C)c1cc(C(=C)C)[nH]n1. The van der Waals surface area contributed by atoms with Gasteiger partial charge >= 0.3 is 0 Å². The highest BCUT2D eigenvalue weighted by atomic mass is 15.1. The lowest BCUT2D eigenvalue weighted by Crippen LogP contribution is -1.76. The molecule has 0 aliphatic rings. The molecule has 58 valence electrons. The highest BCUT2D eigenvalue weighted by molar-refractivity contribution is 5.64. The number of hydrogen-bond acceptors (Lipinski definition) is 1. The number of rotatable bonds is 2. The second-order valence-electron chi connectivity index (χ2n) is 2.73. The van der Waals surface area contributed by atoms with Gasteiger partial charge in [0.05, 0.1) is 11.4 Å². The summed E-state index contributed by atoms with van der Waals surface area (Å²) < 4.78 is 0. The van der Waals surface area contributed by atoms with Gasteiger partial charge in [0.25, 0.3) is 0 Å². The second-order valence-corrected chi connectivity index (χ2v) is 2.73. The maximum atomic E-state index is 4.05. The van der Waals surface area contributed by atoms with Crippen molar-refractivity contribution in [2.75, 3.05) is 0 Å². The van der Waals surface area contributed by atoms with Gasteiger partial charge in [-0.2, -0.15) is 5.10 Å². The molecule has 0 saturated heterocycles. The van der Waals surface area contributed by atoms with Crippen molar-refractivity contribution in [1.29, 1.82) is 0 Å². The molecule has 0 radical (unpaired) electrons. The number of H-pyrrole nitrogens is 1. The van der Waals surface area contributed by atoms with Gasteiger partial charge in [-0.05, 0) is 31.1 Å². The number of hydrogen-bond donors (Lipinski definition) is 1. The maximum absolute atomic E-state index is 4.05. The minimum atomic E-state index is 0.906. The quantitative estimate of drug-likeness (QED) is 0.685. The monoisotopic (exact) mass is 148 g/mol. The fourth-order valence-electron chi connectivity index (χ4n) is 0.759. The lowest BCUT2D eigenvalue weighted by molar-refractivity contribution is 1.06. The Bertz CT molecular complexity index is 266. The van der Waals surface area contributed by atoms with Crippen molar-refractivity contribution < 1.29 is 0 Å². The summed E-state index contributed by atoms with van der Waals surface area (Å²) in [5.74, 6) is 0. The van der Waals surface area contributed by atoms with Gasteiger partial charge in [-0.25, -0.2) is 0 Å². The Morgan fingerprint density at radius 2 is 2.00 bits per heavy atom. The highest BCUT2D eigenvalue weighted by Crippen LogP contribution is 2.13. The molecule has 0 aliphatic heterocycles. The van der Waals surface area contributed by atoms with Crippen LogP contribution in [-0.4, -0.2) is 10.2 Å². The Morgan fingerprint density at radius 3 is 2.27 bits per heavy atom. The van der Waals surface area contributed by atoms with Crippen LogP contribution in [0.25, 0.3) is 11.1 Å². The molecule has 2 heteroatoms. The molecule has 0 aromatic carbocycles. The van der Waals surface area contributed by atoms with Crippen LogP contribution in [0.15, 0.2) is 19.2 Å². The van der Waals surface area contributed by atoms with E-state index in [2.05, 4.69) is 23.4 Å². The van der Waals surface area contributed by atoms with E-state index in [1.165, 1.54) is 0 Å². The molecule has 1 aromatic rings. The lowest BCUT2D eigenvalue weighted by atomic mass is 10.2. The van der Waals surface area contributed by atoms with Crippen LogP contribution < -0.4 is 0 Å². The van der Waals surface area contributed by atoms with Crippen LogP contribution in [0.3, 0.4) is 0 Å². The first-order valence-electron chi connectivity index (χ1n) is 3.48. The van der Waals surface area contributed by atoms with Crippen molar-refractivity contribution in [1.82, 2.24) is 10.2 Å². The average Bonchev–Trinajstić information content (AvgIpc) is 2.33. The molecular formula is C9H12N2. The zero-order valence-corrected chi connectivity index (χ0v) is 6.94. The molecule has 1 aromatic heterocycles. The summed E-state index contributed by atoms with van der Waals surface area (Å²) >= 11 is 0. The summed E-state index contributed by atoms with van der Waals surface area (Å²) in [6.45, 7) is 11.5. The van der Waals surface area contributed by atoms with Crippen molar-refractivity contribution in [2.45, 2.75) is 13.8 Å². The number of nitrogens with zero attached hydrogens (tertiary/aromatic N) is 1. The minimum Gasteiger partial charge on any atom is -0.278 e. The van der Waals surface area contributed by atoms with Crippen LogP contribution in [-0.2, 0) is 0 Å². The first-order chi connectivity index (χ1) is 5.11. The largest absolute Gasteiger partial charge is 0.278 e. The maximum Gasteiger partial charge on any atom is 0.0878 e. The lowest BCUT2D eigenvalue weighted by Gasteiger charge is -1.88. The van der Waals surface area contributed by atoms with E-state index in [1.54, 1.807) is 0 Å². The van der Waals surface area contributed by atoms with E-state index < -0.39 is 0 Å². The van der Waals surface area contributed by atoms with Gasteiger partial charge in [0, 0.05) is 0 Å². The Morgan fingerprint density at radius 1 is 1.36 bits per heavy atom. The summed E-state index contributed by atoms with van der Waals surface area (Å²) in [7, 11) is 0. The number of allylic oxidation sites excluding steroid dienone is 2. The van der Waals surface area contributed by atoms with Gasteiger partial charge < -0.3 is 0 Å². The van der Waals surface area contributed by atoms with Gasteiger partial charge in [-0.15, -0.1) is 0 Å². The molecule has 0 aliphatic carbocycles. The predicted octanol–water partition coefficient (Wildman–Crippen LogP) is 2.48. The molecule has 0 bridgehead atoms. The first-order valence-corrected chi connectivity index (χ1v) is 3.48. The van der Waals surface area contributed by atoms with Crippen molar-refractivity contribution in [3.05, 3.63) is 30.6 Å². The van der Waals surface area contributed by atoms with E-state index >= 15 is 0 Å². The Balaban J connectivity index is 2.99. The molecule has 2 nitrogen and oxygen atoms in total. The third kappa shape index (κ3) is 1.58. The Hall–Kier alpha value is -1.31. The molecule has 0 saturated carbocycles. The Labute approximate surface area is 66.6 Å². The molecule has 0 fully saturated rings. The summed E-state index contributed by atoms with van der Waals surface area (Å²) in [6, 6.07) is 1.95. The van der Waals surface area contributed by atoms with Crippen LogP contribution in [0.2, 0.25) is 0 Å². The minimum absolute atomic E-state index is 0.906. The van der Waals surface area contributed by atoms with E-state index in [0.29, 0.717) is 0 Å². The molecule has 0 spiro atoms. The van der Waals surface area contributed by atoms with E-state index in [9.17, 15) is 0 Å². The predicted molar refractivity (Wildman–Crippen MR) is 48.0 cm³/mol. The van der Waals surface area contributed by atoms with E-state index in [4.69, 9.17) is 0 Å². The third-order valence-corrected chi connectivity index (χ3v) is 1.47. The van der Waals surface area contributed by atoms with Gasteiger partial charge in [0.2, 0.25) is 0 Å². The first kappa shape index (κ1) is 7.79. The van der Waals surface area contributed by atoms with Crippen LogP contribution in [0.5, 0.6) is 0 Å². The summed E-state index contributed by atoms with van der Waals surface area (Å²) in [5, 5.41) is 6.93. The van der Waals surface area contributed by atoms with Crippen molar-refractivity contribution in [3.8, 4) is 0 Å². The van der Waals surface area contributed by atoms with Crippen LogP contribution in [0, 0.1) is 0 Å². The molecule has 0 unspecified atom stereocenters. The standard InChI is InChI=1S/C9H12N2/c1-6(2)8-5-9(7(3)4)11-10-8/h5H,1,3H2,2,4H3,(H,10,11). The molecule has 11 heavy (non-hydrogen) atoms. The molecular weight excluding hydrogens is 136 g/mol. The number of aromatic amines is 1.